The highest BCUT2D eigenvalue weighted by Crippen LogP contribution is 2.20. The quantitative estimate of drug-likeness (QED) is 0.412. The Morgan fingerprint density at radius 3 is 2.62 bits per heavy atom. The standard InChI is InChI=1S/C20H13NO5/c22-19(15-10-14-8-4-5-9-16(14)26-20(15)23)24-12-18-21-11-17(25-18)13-6-2-1-3-7-13/h1-11H,12H2. The number of ether oxygens (including phenoxy) is 1. The summed E-state index contributed by atoms with van der Waals surface area (Å²) in [5.74, 6) is 0.0215. The van der Waals surface area contributed by atoms with Crippen LogP contribution in [0.5, 0.6) is 0 Å². The summed E-state index contributed by atoms with van der Waals surface area (Å²) in [6.07, 6.45) is 1.56. The van der Waals surface area contributed by atoms with E-state index in [2.05, 4.69) is 4.98 Å². The fourth-order valence-corrected chi connectivity index (χ4v) is 2.52. The lowest BCUT2D eigenvalue weighted by molar-refractivity contribution is 0.0434. The van der Waals surface area contributed by atoms with Gasteiger partial charge in [0.1, 0.15) is 11.1 Å². The lowest BCUT2D eigenvalue weighted by atomic mass is 10.2. The number of carbonyl (C=O) groups is 1. The molecule has 0 bridgehead atoms. The molecule has 0 unspecified atom stereocenters. The molecular formula is C20H13NO5. The van der Waals surface area contributed by atoms with Gasteiger partial charge in [-0.1, -0.05) is 48.5 Å². The van der Waals surface area contributed by atoms with Gasteiger partial charge in [0, 0.05) is 10.9 Å². The van der Waals surface area contributed by atoms with Gasteiger partial charge in [0.05, 0.1) is 6.20 Å². The molecule has 0 aliphatic heterocycles. The van der Waals surface area contributed by atoms with Gasteiger partial charge in [-0.3, -0.25) is 0 Å². The summed E-state index contributed by atoms with van der Waals surface area (Å²) >= 11 is 0. The molecule has 0 aliphatic carbocycles. The van der Waals surface area contributed by atoms with E-state index in [0.717, 1.165) is 5.56 Å². The first-order valence-electron chi connectivity index (χ1n) is 7.91. The van der Waals surface area contributed by atoms with E-state index in [1.165, 1.54) is 6.07 Å². The number of hydrogen-bond acceptors (Lipinski definition) is 6. The predicted molar refractivity (Wildman–Crippen MR) is 93.5 cm³/mol. The highest BCUT2D eigenvalue weighted by molar-refractivity contribution is 5.92. The zero-order chi connectivity index (χ0) is 17.9. The van der Waals surface area contributed by atoms with Crippen LogP contribution in [0.3, 0.4) is 0 Å². The summed E-state index contributed by atoms with van der Waals surface area (Å²) in [6, 6.07) is 17.8. The van der Waals surface area contributed by atoms with Crippen LogP contribution in [-0.2, 0) is 11.3 Å². The Balaban J connectivity index is 1.50. The van der Waals surface area contributed by atoms with Gasteiger partial charge in [0.25, 0.3) is 0 Å². The van der Waals surface area contributed by atoms with E-state index in [-0.39, 0.29) is 18.1 Å². The lowest BCUT2D eigenvalue weighted by Gasteiger charge is -2.03. The number of esters is 1. The molecule has 0 fully saturated rings. The number of aromatic nitrogens is 1. The number of rotatable bonds is 4. The summed E-state index contributed by atoms with van der Waals surface area (Å²) in [4.78, 5) is 28.3. The first-order chi connectivity index (χ1) is 12.7. The lowest BCUT2D eigenvalue weighted by Crippen LogP contribution is -2.16. The van der Waals surface area contributed by atoms with Crippen LogP contribution < -0.4 is 5.63 Å². The van der Waals surface area contributed by atoms with E-state index in [4.69, 9.17) is 13.6 Å². The Hall–Kier alpha value is -3.67. The summed E-state index contributed by atoms with van der Waals surface area (Å²) in [5, 5.41) is 0.640. The molecule has 0 saturated carbocycles. The smallest absolute Gasteiger partial charge is 0.351 e. The van der Waals surface area contributed by atoms with Crippen LogP contribution in [0.1, 0.15) is 16.2 Å². The molecule has 0 N–H and O–H groups in total. The minimum atomic E-state index is -0.788. The van der Waals surface area contributed by atoms with Crippen LogP contribution in [0.2, 0.25) is 0 Å². The number of oxazole rings is 1. The third kappa shape index (κ3) is 3.12. The van der Waals surface area contributed by atoms with Crippen LogP contribution in [-0.4, -0.2) is 11.0 Å². The molecule has 0 amide bonds. The maximum atomic E-state index is 12.2. The predicted octanol–water partition coefficient (Wildman–Crippen LogP) is 3.81. The van der Waals surface area contributed by atoms with E-state index in [1.54, 1.807) is 30.5 Å². The minimum absolute atomic E-state index is 0.168. The van der Waals surface area contributed by atoms with Crippen molar-refractivity contribution in [3.8, 4) is 11.3 Å². The average Bonchev–Trinajstić information content (AvgIpc) is 3.15. The number of hydrogen-bond donors (Lipinski definition) is 0. The van der Waals surface area contributed by atoms with Crippen LogP contribution in [0.4, 0.5) is 0 Å². The number of nitrogens with zero attached hydrogens (tertiary/aromatic N) is 1. The second-order valence-electron chi connectivity index (χ2n) is 5.55. The topological polar surface area (TPSA) is 82.5 Å². The van der Waals surface area contributed by atoms with Gasteiger partial charge in [-0.15, -0.1) is 0 Å². The van der Waals surface area contributed by atoms with Gasteiger partial charge >= 0.3 is 11.6 Å². The first-order valence-corrected chi connectivity index (χ1v) is 7.91. The van der Waals surface area contributed by atoms with Gasteiger partial charge < -0.3 is 13.6 Å². The van der Waals surface area contributed by atoms with Gasteiger partial charge in [0.15, 0.2) is 12.4 Å². The number of para-hydroxylation sites is 1. The van der Waals surface area contributed by atoms with Crippen molar-refractivity contribution >= 4 is 16.9 Å². The molecule has 6 heteroatoms. The second-order valence-corrected chi connectivity index (χ2v) is 5.55. The van der Waals surface area contributed by atoms with Gasteiger partial charge in [0.2, 0.25) is 5.89 Å². The summed E-state index contributed by atoms with van der Waals surface area (Å²) < 4.78 is 15.8. The summed E-state index contributed by atoms with van der Waals surface area (Å²) in [5.41, 5.74) is 0.367. The Bertz CT molecular complexity index is 1130. The fourth-order valence-electron chi connectivity index (χ4n) is 2.52. The van der Waals surface area contributed by atoms with Crippen LogP contribution >= 0.6 is 0 Å². The van der Waals surface area contributed by atoms with E-state index >= 15 is 0 Å². The average molecular weight is 347 g/mol. The Morgan fingerprint density at radius 1 is 1.00 bits per heavy atom. The van der Waals surface area contributed by atoms with Crippen molar-refractivity contribution in [2.75, 3.05) is 0 Å². The molecule has 2 aromatic carbocycles. The second kappa shape index (κ2) is 6.68. The Kier molecular flexibility index (Phi) is 4.07. The largest absolute Gasteiger partial charge is 0.452 e. The van der Waals surface area contributed by atoms with Crippen molar-refractivity contribution in [3.05, 3.63) is 88.7 Å². The molecule has 2 aromatic heterocycles. The highest BCUT2D eigenvalue weighted by Gasteiger charge is 2.16. The molecule has 26 heavy (non-hydrogen) atoms. The molecule has 2 heterocycles. The van der Waals surface area contributed by atoms with Gasteiger partial charge in [-0.05, 0) is 12.1 Å². The Morgan fingerprint density at radius 2 is 1.77 bits per heavy atom. The van der Waals surface area contributed by atoms with E-state index in [9.17, 15) is 9.59 Å². The maximum absolute atomic E-state index is 12.2. The van der Waals surface area contributed by atoms with E-state index in [0.29, 0.717) is 16.7 Å². The van der Waals surface area contributed by atoms with Crippen molar-refractivity contribution in [2.45, 2.75) is 6.61 Å². The number of carbonyl (C=O) groups excluding carboxylic acids is 1. The molecule has 0 spiro atoms. The first kappa shape index (κ1) is 15.8. The van der Waals surface area contributed by atoms with Crippen molar-refractivity contribution in [1.82, 2.24) is 4.98 Å². The number of fused-ring (bicyclic) bond motifs is 1. The Labute approximate surface area is 147 Å². The van der Waals surface area contributed by atoms with Crippen LogP contribution in [0.25, 0.3) is 22.3 Å². The molecule has 0 atom stereocenters. The van der Waals surface area contributed by atoms with E-state index in [1.807, 2.05) is 30.3 Å². The normalized spacial score (nSPS) is 10.8. The van der Waals surface area contributed by atoms with Gasteiger partial charge in [-0.2, -0.15) is 0 Å². The van der Waals surface area contributed by atoms with Crippen molar-refractivity contribution in [2.24, 2.45) is 0 Å². The zero-order valence-electron chi connectivity index (χ0n) is 13.5. The molecule has 0 saturated heterocycles. The molecular weight excluding hydrogens is 334 g/mol. The SMILES string of the molecule is O=C(OCc1ncc(-c2ccccc2)o1)c1cc2ccccc2oc1=O. The molecule has 4 aromatic rings. The molecule has 0 radical (unpaired) electrons. The third-order valence-corrected chi connectivity index (χ3v) is 3.80. The summed E-state index contributed by atoms with van der Waals surface area (Å²) in [6.45, 7) is -0.183. The summed E-state index contributed by atoms with van der Waals surface area (Å²) in [7, 11) is 0. The third-order valence-electron chi connectivity index (χ3n) is 3.80. The number of benzene rings is 2. The molecule has 6 nitrogen and oxygen atoms in total. The fraction of sp³-hybridized carbons (Fsp3) is 0.0500. The van der Waals surface area contributed by atoms with E-state index < -0.39 is 11.6 Å². The van der Waals surface area contributed by atoms with Crippen molar-refractivity contribution in [1.29, 1.82) is 0 Å². The molecule has 0 aliphatic rings. The van der Waals surface area contributed by atoms with Crippen molar-refractivity contribution in [3.63, 3.8) is 0 Å². The molecule has 4 rings (SSSR count). The van der Waals surface area contributed by atoms with Crippen LogP contribution in [0.15, 0.2) is 80.5 Å². The van der Waals surface area contributed by atoms with Gasteiger partial charge in [-0.25, -0.2) is 14.6 Å². The zero-order valence-corrected chi connectivity index (χ0v) is 13.5. The molecule has 128 valence electrons. The van der Waals surface area contributed by atoms with Crippen molar-refractivity contribution < 1.29 is 18.4 Å². The maximum Gasteiger partial charge on any atom is 0.351 e. The monoisotopic (exact) mass is 347 g/mol. The highest BCUT2D eigenvalue weighted by atomic mass is 16.5. The van der Waals surface area contributed by atoms with Crippen LogP contribution in [0, 0.1) is 0 Å². The minimum Gasteiger partial charge on any atom is -0.452 e.